The van der Waals surface area contributed by atoms with Gasteiger partial charge < -0.3 is 10.8 Å². The van der Waals surface area contributed by atoms with Gasteiger partial charge in [-0.25, -0.2) is 0 Å². The van der Waals surface area contributed by atoms with Crippen LogP contribution in [0.3, 0.4) is 0 Å². The molecule has 0 saturated carbocycles. The number of thiophene rings is 1. The number of benzene rings is 1. The Labute approximate surface area is 87.0 Å². The van der Waals surface area contributed by atoms with Gasteiger partial charge in [-0.05, 0) is 29.5 Å². The molecule has 74 valence electrons. The molecule has 3 N–H and O–H groups in total. The number of nitrogens with two attached hydrogens (primary N) is 1. The maximum Gasteiger partial charge on any atom is 0.0777 e. The molecule has 0 saturated heterocycles. The van der Waals surface area contributed by atoms with E-state index in [1.807, 2.05) is 18.2 Å². The van der Waals surface area contributed by atoms with Crippen molar-refractivity contribution in [3.63, 3.8) is 0 Å². The lowest BCUT2D eigenvalue weighted by Crippen LogP contribution is -1.86. The quantitative estimate of drug-likeness (QED) is 0.743. The van der Waals surface area contributed by atoms with E-state index in [1.54, 1.807) is 11.3 Å². The van der Waals surface area contributed by atoms with Gasteiger partial charge in [0.2, 0.25) is 0 Å². The smallest absolute Gasteiger partial charge is 0.0777 e. The SMILES string of the molecule is CCc1c(CO)sc2cc(N)ccc12. The molecule has 0 atom stereocenters. The third kappa shape index (κ3) is 1.38. The van der Waals surface area contributed by atoms with Crippen molar-refractivity contribution >= 4 is 27.1 Å². The lowest BCUT2D eigenvalue weighted by molar-refractivity contribution is 0.284. The van der Waals surface area contributed by atoms with Crippen molar-refractivity contribution < 1.29 is 5.11 Å². The summed E-state index contributed by atoms with van der Waals surface area (Å²) in [5.41, 5.74) is 7.75. The van der Waals surface area contributed by atoms with Crippen LogP contribution in [-0.2, 0) is 13.0 Å². The molecule has 1 aromatic heterocycles. The standard InChI is InChI=1S/C11H13NOS/c1-2-8-9-4-3-7(12)5-10(9)14-11(8)6-13/h3-5,13H,2,6,12H2,1H3. The zero-order valence-corrected chi connectivity index (χ0v) is 8.90. The van der Waals surface area contributed by atoms with Crippen LogP contribution in [-0.4, -0.2) is 5.11 Å². The van der Waals surface area contributed by atoms with E-state index >= 15 is 0 Å². The van der Waals surface area contributed by atoms with Crippen molar-refractivity contribution in [2.75, 3.05) is 5.73 Å². The first-order valence-electron chi connectivity index (χ1n) is 4.67. The van der Waals surface area contributed by atoms with Gasteiger partial charge in [-0.1, -0.05) is 13.0 Å². The second-order valence-corrected chi connectivity index (χ2v) is 4.41. The monoisotopic (exact) mass is 207 g/mol. The van der Waals surface area contributed by atoms with E-state index in [9.17, 15) is 5.11 Å². The van der Waals surface area contributed by atoms with Crippen LogP contribution in [0, 0.1) is 0 Å². The van der Waals surface area contributed by atoms with Crippen LogP contribution in [0.5, 0.6) is 0 Å². The number of rotatable bonds is 2. The molecule has 0 bridgehead atoms. The van der Waals surface area contributed by atoms with Crippen molar-refractivity contribution in [1.29, 1.82) is 0 Å². The Hall–Kier alpha value is -1.06. The molecule has 0 aliphatic heterocycles. The molecule has 2 aromatic rings. The van der Waals surface area contributed by atoms with Gasteiger partial charge in [-0.15, -0.1) is 11.3 Å². The minimum Gasteiger partial charge on any atom is -0.399 e. The largest absolute Gasteiger partial charge is 0.399 e. The summed E-state index contributed by atoms with van der Waals surface area (Å²) >= 11 is 1.63. The Morgan fingerprint density at radius 2 is 2.21 bits per heavy atom. The minimum absolute atomic E-state index is 0.127. The van der Waals surface area contributed by atoms with Gasteiger partial charge in [0.1, 0.15) is 0 Å². The predicted molar refractivity (Wildman–Crippen MR) is 61.5 cm³/mol. The Morgan fingerprint density at radius 1 is 1.43 bits per heavy atom. The molecule has 2 nitrogen and oxygen atoms in total. The summed E-state index contributed by atoms with van der Waals surface area (Å²) in [6.07, 6.45) is 0.958. The minimum atomic E-state index is 0.127. The Bertz CT molecular complexity index is 462. The zero-order chi connectivity index (χ0) is 10.1. The van der Waals surface area contributed by atoms with Crippen LogP contribution in [0.4, 0.5) is 5.69 Å². The number of aliphatic hydroxyl groups is 1. The Kier molecular flexibility index (Phi) is 2.44. The van der Waals surface area contributed by atoms with Crippen LogP contribution < -0.4 is 5.73 Å². The van der Waals surface area contributed by atoms with Crippen molar-refractivity contribution in [3.05, 3.63) is 28.6 Å². The molecule has 1 aromatic carbocycles. The molecule has 0 amide bonds. The van der Waals surface area contributed by atoms with Gasteiger partial charge in [0.05, 0.1) is 6.61 Å². The first kappa shape index (κ1) is 9.49. The highest BCUT2D eigenvalue weighted by Crippen LogP contribution is 2.32. The number of aryl methyl sites for hydroxylation is 1. The molecule has 1 heterocycles. The third-order valence-electron chi connectivity index (χ3n) is 2.40. The molecule has 3 heteroatoms. The fourth-order valence-electron chi connectivity index (χ4n) is 1.73. The number of hydrogen-bond donors (Lipinski definition) is 2. The molecule has 0 unspecified atom stereocenters. The second-order valence-electron chi connectivity index (χ2n) is 3.27. The average Bonchev–Trinajstić information content (AvgIpc) is 2.54. The fourth-order valence-corrected chi connectivity index (χ4v) is 2.94. The molecule has 0 aliphatic rings. The van der Waals surface area contributed by atoms with Crippen molar-refractivity contribution in [3.8, 4) is 0 Å². The van der Waals surface area contributed by atoms with Crippen LogP contribution in [0.1, 0.15) is 17.4 Å². The lowest BCUT2D eigenvalue weighted by Gasteiger charge is -1.97. The Balaban J connectivity index is 2.73. The highest BCUT2D eigenvalue weighted by Gasteiger charge is 2.09. The normalized spacial score (nSPS) is 11.0. The van der Waals surface area contributed by atoms with Crippen molar-refractivity contribution in [2.45, 2.75) is 20.0 Å². The third-order valence-corrected chi connectivity index (χ3v) is 3.58. The number of hydrogen-bond acceptors (Lipinski definition) is 3. The van der Waals surface area contributed by atoms with Crippen LogP contribution in [0.25, 0.3) is 10.1 Å². The van der Waals surface area contributed by atoms with E-state index in [-0.39, 0.29) is 6.61 Å². The highest BCUT2D eigenvalue weighted by molar-refractivity contribution is 7.19. The molecular weight excluding hydrogens is 194 g/mol. The molecule has 0 fully saturated rings. The van der Waals surface area contributed by atoms with Crippen molar-refractivity contribution in [1.82, 2.24) is 0 Å². The molecule has 0 aliphatic carbocycles. The summed E-state index contributed by atoms with van der Waals surface area (Å²) in [4.78, 5) is 1.06. The van der Waals surface area contributed by atoms with E-state index in [0.29, 0.717) is 0 Å². The number of aliphatic hydroxyl groups excluding tert-OH is 1. The fraction of sp³-hybridized carbons (Fsp3) is 0.273. The van der Waals surface area contributed by atoms with Crippen LogP contribution in [0.2, 0.25) is 0 Å². The van der Waals surface area contributed by atoms with E-state index in [1.165, 1.54) is 15.6 Å². The zero-order valence-electron chi connectivity index (χ0n) is 8.08. The second kappa shape index (κ2) is 3.59. The summed E-state index contributed by atoms with van der Waals surface area (Å²) in [6.45, 7) is 2.24. The summed E-state index contributed by atoms with van der Waals surface area (Å²) in [6, 6.07) is 5.92. The topological polar surface area (TPSA) is 46.2 Å². The predicted octanol–water partition coefficient (Wildman–Crippen LogP) is 2.54. The van der Waals surface area contributed by atoms with Crippen LogP contribution >= 0.6 is 11.3 Å². The van der Waals surface area contributed by atoms with Crippen LogP contribution in [0.15, 0.2) is 18.2 Å². The van der Waals surface area contributed by atoms with Gasteiger partial charge in [0.25, 0.3) is 0 Å². The van der Waals surface area contributed by atoms with E-state index in [0.717, 1.165) is 17.0 Å². The molecule has 0 radical (unpaired) electrons. The Morgan fingerprint density at radius 3 is 2.86 bits per heavy atom. The van der Waals surface area contributed by atoms with Gasteiger partial charge >= 0.3 is 0 Å². The number of fused-ring (bicyclic) bond motifs is 1. The first-order chi connectivity index (χ1) is 6.76. The van der Waals surface area contributed by atoms with E-state index < -0.39 is 0 Å². The van der Waals surface area contributed by atoms with Gasteiger partial charge in [-0.3, -0.25) is 0 Å². The summed E-state index contributed by atoms with van der Waals surface area (Å²) < 4.78 is 1.17. The first-order valence-corrected chi connectivity index (χ1v) is 5.48. The number of nitrogen functional groups attached to an aromatic ring is 1. The molecule has 2 rings (SSSR count). The maximum absolute atomic E-state index is 9.20. The lowest BCUT2D eigenvalue weighted by atomic mass is 10.1. The maximum atomic E-state index is 9.20. The van der Waals surface area contributed by atoms with Gasteiger partial charge in [0.15, 0.2) is 0 Å². The summed E-state index contributed by atoms with van der Waals surface area (Å²) in [7, 11) is 0. The molecule has 14 heavy (non-hydrogen) atoms. The van der Waals surface area contributed by atoms with E-state index in [4.69, 9.17) is 5.73 Å². The highest BCUT2D eigenvalue weighted by atomic mass is 32.1. The van der Waals surface area contributed by atoms with Crippen molar-refractivity contribution in [2.24, 2.45) is 0 Å². The molecular formula is C11H13NOS. The van der Waals surface area contributed by atoms with Gasteiger partial charge in [-0.2, -0.15) is 0 Å². The average molecular weight is 207 g/mol. The summed E-state index contributed by atoms with van der Waals surface area (Å²) in [5.74, 6) is 0. The summed E-state index contributed by atoms with van der Waals surface area (Å²) in [5, 5.41) is 10.4. The van der Waals surface area contributed by atoms with Gasteiger partial charge in [0, 0.05) is 15.3 Å². The number of anilines is 1. The molecule has 0 spiro atoms. The van der Waals surface area contributed by atoms with E-state index in [2.05, 4.69) is 6.92 Å².